The van der Waals surface area contributed by atoms with Crippen molar-refractivity contribution < 1.29 is 30.0 Å². The third-order valence-electron chi connectivity index (χ3n) is 14.6. The quantitative estimate of drug-likeness (QED) is 0.0265. The van der Waals surface area contributed by atoms with Gasteiger partial charge >= 0.3 is 5.97 Å². The summed E-state index contributed by atoms with van der Waals surface area (Å²) in [6.07, 6.45) is 43.6. The highest BCUT2D eigenvalue weighted by Crippen LogP contribution is 2.24. The van der Waals surface area contributed by atoms with Crippen LogP contribution in [0.25, 0.3) is 0 Å². The molecule has 0 aliphatic heterocycles. The van der Waals surface area contributed by atoms with E-state index in [9.17, 15) is 25.2 Å². The number of carbonyl (C=O) groups is 1. The Bertz CT molecular complexity index is 1080. The zero-order valence-electron chi connectivity index (χ0n) is 48.1. The normalized spacial score (nSPS) is 14.2. The molecule has 0 rings (SSSR count). The summed E-state index contributed by atoms with van der Waals surface area (Å²) in [5.41, 5.74) is 0. The number of esters is 1. The SMILES string of the molecule is CCCCCCCCCCCC(O)CN(CCCCOC(=O)CN(C)CCSSCC[C@@H](C)N(CC(O)CCCCCCCC)CC(O)CCCCCCCCCC)CC(O)CCCCCCCCCC. The molecule has 0 aromatic heterocycles. The number of unbranched alkanes of at least 4 members (excludes halogenated alkanes) is 28. The molecule has 0 saturated heterocycles. The average molecular weight is 1050 g/mol. The maximum Gasteiger partial charge on any atom is 0.320 e. The summed E-state index contributed by atoms with van der Waals surface area (Å²) in [7, 11) is 5.72. The van der Waals surface area contributed by atoms with Crippen LogP contribution in [0.1, 0.15) is 279 Å². The molecule has 0 bridgehead atoms. The fraction of sp³-hybridized carbons (Fsp3) is 0.983. The number of nitrogens with zero attached hydrogens (tertiary/aromatic N) is 3. The zero-order chi connectivity index (χ0) is 52.3. The molecule has 0 aromatic rings. The van der Waals surface area contributed by atoms with E-state index in [1.165, 1.54) is 173 Å². The van der Waals surface area contributed by atoms with Crippen LogP contribution in [0.2, 0.25) is 0 Å². The second-order valence-corrected chi connectivity index (χ2v) is 24.7. The van der Waals surface area contributed by atoms with Crippen molar-refractivity contribution in [3.05, 3.63) is 0 Å². The summed E-state index contributed by atoms with van der Waals surface area (Å²) in [5, 5.41) is 44.1. The monoisotopic (exact) mass is 1050 g/mol. The zero-order valence-corrected chi connectivity index (χ0v) is 49.7. The van der Waals surface area contributed by atoms with Crippen LogP contribution >= 0.6 is 21.6 Å². The smallest absolute Gasteiger partial charge is 0.320 e. The van der Waals surface area contributed by atoms with Crippen LogP contribution in [0.4, 0.5) is 0 Å². The maximum atomic E-state index is 12.8. The van der Waals surface area contributed by atoms with E-state index in [1.54, 1.807) is 0 Å². The largest absolute Gasteiger partial charge is 0.465 e. The first-order chi connectivity index (χ1) is 34.6. The van der Waals surface area contributed by atoms with E-state index in [-0.39, 0.29) is 43.0 Å². The molecule has 5 atom stereocenters. The lowest BCUT2D eigenvalue weighted by atomic mass is 10.0. The van der Waals surface area contributed by atoms with E-state index in [0.29, 0.717) is 32.8 Å². The van der Waals surface area contributed by atoms with Gasteiger partial charge in [-0.3, -0.25) is 19.5 Å². The Kier molecular flexibility index (Phi) is 54.6. The number of ether oxygens (including phenoxy) is 1. The Balaban J connectivity index is 4.69. The van der Waals surface area contributed by atoms with Gasteiger partial charge in [-0.25, -0.2) is 0 Å². The highest BCUT2D eigenvalue weighted by Gasteiger charge is 2.21. The van der Waals surface area contributed by atoms with Gasteiger partial charge in [0.05, 0.1) is 37.6 Å². The van der Waals surface area contributed by atoms with E-state index in [1.807, 2.05) is 33.5 Å². The van der Waals surface area contributed by atoms with Crippen molar-refractivity contribution in [1.29, 1.82) is 0 Å². The summed E-state index contributed by atoms with van der Waals surface area (Å²) < 4.78 is 5.66. The van der Waals surface area contributed by atoms with Crippen LogP contribution in [-0.4, -0.2) is 143 Å². The molecule has 0 aromatic carbocycles. The Labute approximate surface area is 450 Å². The molecular weight excluding hydrogens is 923 g/mol. The minimum Gasteiger partial charge on any atom is -0.465 e. The molecule has 0 aliphatic carbocycles. The first kappa shape index (κ1) is 70.9. The molecule has 4 unspecified atom stereocenters. The number of aliphatic hydroxyl groups excluding tert-OH is 4. The highest BCUT2D eigenvalue weighted by atomic mass is 33.1. The molecule has 0 saturated carbocycles. The van der Waals surface area contributed by atoms with Crippen molar-refractivity contribution in [2.45, 2.75) is 309 Å². The van der Waals surface area contributed by atoms with E-state index in [2.05, 4.69) is 44.4 Å². The van der Waals surface area contributed by atoms with Crippen molar-refractivity contribution in [2.75, 3.05) is 71.0 Å². The number of carbonyl (C=O) groups excluding carboxylic acids is 1. The third kappa shape index (κ3) is 50.5. The summed E-state index contributed by atoms with van der Waals surface area (Å²) in [4.78, 5) is 19.4. The molecule has 11 heteroatoms. The van der Waals surface area contributed by atoms with Crippen LogP contribution in [0.15, 0.2) is 0 Å². The van der Waals surface area contributed by atoms with E-state index in [0.717, 1.165) is 95.2 Å². The summed E-state index contributed by atoms with van der Waals surface area (Å²) in [5.74, 6) is 1.74. The van der Waals surface area contributed by atoms with Crippen LogP contribution in [0.3, 0.4) is 0 Å². The number of likely N-dealkylation sites (N-methyl/N-ethyl adjacent to an activating group) is 1. The number of hydrogen-bond donors (Lipinski definition) is 4. The predicted molar refractivity (Wildman–Crippen MR) is 313 cm³/mol. The minimum absolute atomic E-state index is 0.184. The van der Waals surface area contributed by atoms with Crippen LogP contribution in [0, 0.1) is 0 Å². The summed E-state index contributed by atoms with van der Waals surface area (Å²) in [6.45, 7) is 16.0. The lowest BCUT2D eigenvalue weighted by molar-refractivity contribution is -0.144. The van der Waals surface area contributed by atoms with E-state index >= 15 is 0 Å². The van der Waals surface area contributed by atoms with Gasteiger partial charge in [-0.2, -0.15) is 0 Å². The lowest BCUT2D eigenvalue weighted by Gasteiger charge is -2.33. The molecular formula is C60H123N3O6S2. The number of hydrogen-bond acceptors (Lipinski definition) is 11. The predicted octanol–water partition coefficient (Wildman–Crippen LogP) is 15.2. The maximum absolute atomic E-state index is 12.8. The number of aliphatic hydroxyl groups is 4. The average Bonchev–Trinajstić information content (AvgIpc) is 3.34. The lowest BCUT2D eigenvalue weighted by Crippen LogP contribution is -2.43. The van der Waals surface area contributed by atoms with Gasteiger partial charge in [-0.1, -0.05) is 248 Å². The third-order valence-corrected chi connectivity index (χ3v) is 17.0. The van der Waals surface area contributed by atoms with Gasteiger partial charge in [-0.05, 0) is 65.5 Å². The molecule has 0 radical (unpaired) electrons. The molecule has 0 fully saturated rings. The molecule has 426 valence electrons. The fourth-order valence-electron chi connectivity index (χ4n) is 9.75. The van der Waals surface area contributed by atoms with Gasteiger partial charge < -0.3 is 25.2 Å². The Morgan fingerprint density at radius 1 is 0.423 bits per heavy atom. The second-order valence-electron chi connectivity index (χ2n) is 22.0. The van der Waals surface area contributed by atoms with Crippen molar-refractivity contribution in [3.8, 4) is 0 Å². The minimum atomic E-state index is -0.378. The van der Waals surface area contributed by atoms with Gasteiger partial charge in [-0.15, -0.1) is 0 Å². The Morgan fingerprint density at radius 2 is 0.761 bits per heavy atom. The molecule has 9 nitrogen and oxygen atoms in total. The van der Waals surface area contributed by atoms with Crippen LogP contribution < -0.4 is 0 Å². The number of rotatable bonds is 58. The van der Waals surface area contributed by atoms with E-state index in [4.69, 9.17) is 4.74 Å². The molecule has 71 heavy (non-hydrogen) atoms. The molecule has 4 N–H and O–H groups in total. The fourth-order valence-corrected chi connectivity index (χ4v) is 12.0. The van der Waals surface area contributed by atoms with Crippen molar-refractivity contribution in [1.82, 2.24) is 14.7 Å². The van der Waals surface area contributed by atoms with Gasteiger partial charge in [0, 0.05) is 50.3 Å². The van der Waals surface area contributed by atoms with Crippen LogP contribution in [-0.2, 0) is 9.53 Å². The first-order valence-electron chi connectivity index (χ1n) is 30.8. The van der Waals surface area contributed by atoms with Gasteiger partial charge in [0.2, 0.25) is 0 Å². The Hall–Kier alpha value is -0.110. The molecule has 0 amide bonds. The molecule has 0 aliphatic rings. The second kappa shape index (κ2) is 54.7. The van der Waals surface area contributed by atoms with Gasteiger partial charge in [0.1, 0.15) is 0 Å². The first-order valence-corrected chi connectivity index (χ1v) is 33.3. The van der Waals surface area contributed by atoms with Gasteiger partial charge in [0.25, 0.3) is 0 Å². The van der Waals surface area contributed by atoms with Crippen molar-refractivity contribution in [2.24, 2.45) is 0 Å². The summed E-state index contributed by atoms with van der Waals surface area (Å²) in [6, 6.07) is 0.285. The molecule has 0 spiro atoms. The van der Waals surface area contributed by atoms with Crippen molar-refractivity contribution in [3.63, 3.8) is 0 Å². The van der Waals surface area contributed by atoms with Crippen molar-refractivity contribution >= 4 is 27.6 Å². The standard InChI is InChI=1S/C60H123N3O6S2/c1-7-11-15-19-23-26-29-32-35-41-57(65)51-62(50-56(64)40-34-31-27-24-20-16-12-8-2)45-38-39-47-69-60(68)54-61(6)46-49-71-70-48-44-55(5)63(52-58(66)42-36-30-22-18-14-10-4)53-59(67)43-37-33-28-25-21-17-13-9-3/h55-59,64-67H,7-54H2,1-6H3/t55-,56?,57?,58?,59?/m1/s1. The van der Waals surface area contributed by atoms with Gasteiger partial charge in [0.15, 0.2) is 0 Å². The Morgan fingerprint density at radius 3 is 1.14 bits per heavy atom. The highest BCUT2D eigenvalue weighted by molar-refractivity contribution is 8.76. The summed E-state index contributed by atoms with van der Waals surface area (Å²) >= 11 is 0. The molecule has 0 heterocycles. The van der Waals surface area contributed by atoms with E-state index < -0.39 is 0 Å². The topological polar surface area (TPSA) is 117 Å². The van der Waals surface area contributed by atoms with Crippen LogP contribution in [0.5, 0.6) is 0 Å².